The van der Waals surface area contributed by atoms with Crippen LogP contribution < -0.4 is 21.7 Å². The highest BCUT2D eigenvalue weighted by molar-refractivity contribution is 5.89. The summed E-state index contributed by atoms with van der Waals surface area (Å²) >= 11 is 0. The number of ether oxygens (including phenoxy) is 1. The number of hydrogen-bond acceptors (Lipinski definition) is 6. The van der Waals surface area contributed by atoms with Gasteiger partial charge in [-0.1, -0.05) is 36.4 Å². The van der Waals surface area contributed by atoms with Crippen LogP contribution in [0.3, 0.4) is 0 Å². The van der Waals surface area contributed by atoms with Gasteiger partial charge in [0.1, 0.15) is 12.4 Å². The fourth-order valence-corrected chi connectivity index (χ4v) is 3.34. The van der Waals surface area contributed by atoms with Gasteiger partial charge in [0.05, 0.1) is 19.1 Å². The minimum atomic E-state index is -3.32. The highest BCUT2D eigenvalue weighted by Crippen LogP contribution is 2.20. The maximum atomic E-state index is 13.9. The molecule has 2 aromatic carbocycles. The molecule has 8 nitrogen and oxygen atoms in total. The number of benzene rings is 2. The summed E-state index contributed by atoms with van der Waals surface area (Å²) in [6.45, 7) is -2.09. The number of nitrogens with two attached hydrogens (primary N) is 1. The van der Waals surface area contributed by atoms with E-state index in [2.05, 4.69) is 20.9 Å². The van der Waals surface area contributed by atoms with Crippen LogP contribution in [-0.4, -0.2) is 48.6 Å². The number of nitrogens with zero attached hydrogens (tertiary/aromatic N) is 1. The Bertz CT molecular complexity index is 1210. The molecule has 2 amide bonds. The largest absolute Gasteiger partial charge is 0.447 e. The van der Waals surface area contributed by atoms with Gasteiger partial charge < -0.3 is 21.1 Å². The average Bonchev–Trinajstić information content (AvgIpc) is 2.85. The van der Waals surface area contributed by atoms with Crippen molar-refractivity contribution >= 4 is 28.6 Å². The highest BCUT2D eigenvalue weighted by Gasteiger charge is 2.32. The second-order valence-corrected chi connectivity index (χ2v) is 7.99. The van der Waals surface area contributed by atoms with Crippen LogP contribution in [0.5, 0.6) is 0 Å². The Hall–Kier alpha value is -3.77. The van der Waals surface area contributed by atoms with Crippen LogP contribution >= 0.6 is 0 Å². The zero-order valence-corrected chi connectivity index (χ0v) is 19.1. The van der Waals surface area contributed by atoms with E-state index in [1.165, 1.54) is 12.1 Å². The number of halogens is 4. The molecule has 12 heteroatoms. The van der Waals surface area contributed by atoms with E-state index in [1.807, 2.05) is 24.3 Å². The van der Waals surface area contributed by atoms with E-state index in [0.717, 1.165) is 16.8 Å². The second-order valence-electron chi connectivity index (χ2n) is 7.99. The van der Waals surface area contributed by atoms with E-state index in [4.69, 9.17) is 10.5 Å². The van der Waals surface area contributed by atoms with Crippen molar-refractivity contribution < 1.29 is 31.9 Å². The monoisotopic (exact) mass is 507 g/mol. The van der Waals surface area contributed by atoms with Gasteiger partial charge in [-0.2, -0.15) is 0 Å². The molecule has 0 spiro atoms. The van der Waals surface area contributed by atoms with E-state index in [-0.39, 0.29) is 24.5 Å². The first kappa shape index (κ1) is 26.8. The maximum Gasteiger partial charge on any atom is 0.412 e. The third-order valence-corrected chi connectivity index (χ3v) is 5.12. The molecule has 0 aliphatic rings. The van der Waals surface area contributed by atoms with E-state index in [1.54, 1.807) is 12.3 Å². The molecule has 192 valence electrons. The summed E-state index contributed by atoms with van der Waals surface area (Å²) in [7, 11) is 0. The number of pyridine rings is 1. The lowest BCUT2D eigenvalue weighted by molar-refractivity contribution is -0.122. The molecule has 0 aliphatic carbocycles. The zero-order valence-electron chi connectivity index (χ0n) is 19.1. The summed E-state index contributed by atoms with van der Waals surface area (Å²) in [5.41, 5.74) is 5.09. The number of alkyl halides is 2. The molecule has 0 saturated carbocycles. The third-order valence-electron chi connectivity index (χ3n) is 5.12. The number of hydrogen-bond donors (Lipinski definition) is 4. The van der Waals surface area contributed by atoms with Gasteiger partial charge in [0, 0.05) is 30.1 Å². The lowest BCUT2D eigenvalue weighted by Gasteiger charge is -2.23. The molecular weight excluding hydrogens is 482 g/mol. The minimum Gasteiger partial charge on any atom is -0.447 e. The van der Waals surface area contributed by atoms with Crippen molar-refractivity contribution in [3.05, 3.63) is 71.9 Å². The Kier molecular flexibility index (Phi) is 9.14. The number of amides is 2. The summed E-state index contributed by atoms with van der Waals surface area (Å²) in [5, 5.41) is 9.03. The number of fused-ring (bicyclic) bond motifs is 1. The number of carbonyl (C=O) groups is 2. The average molecular weight is 507 g/mol. The van der Waals surface area contributed by atoms with E-state index in [9.17, 15) is 27.2 Å². The second kappa shape index (κ2) is 12.3. The standard InChI is InChI=1S/C24H25F4N5O3/c25-19-7-3-6-17(22(19)26)10-30-12-21(34)32-18(9-24(27,28)14-29)13-36-23(35)33-20-8-15-4-1-2-5-16(15)11-31-20/h1-8,11,18,30H,9-10,12-14,29H2,(H,32,34)(H,31,33,35)/t18-/m0/s1. The normalized spacial score (nSPS) is 12.2. The van der Waals surface area contributed by atoms with Gasteiger partial charge in [-0.15, -0.1) is 0 Å². The van der Waals surface area contributed by atoms with Crippen molar-refractivity contribution in [2.45, 2.75) is 24.9 Å². The Morgan fingerprint density at radius 1 is 1.08 bits per heavy atom. The topological polar surface area (TPSA) is 118 Å². The van der Waals surface area contributed by atoms with Crippen molar-refractivity contribution in [2.75, 3.05) is 25.0 Å². The Labute approximate surface area is 204 Å². The molecule has 0 saturated heterocycles. The fourth-order valence-electron chi connectivity index (χ4n) is 3.34. The number of rotatable bonds is 11. The van der Waals surface area contributed by atoms with Crippen molar-refractivity contribution in [3.63, 3.8) is 0 Å². The molecule has 1 heterocycles. The molecule has 1 atom stereocenters. The van der Waals surface area contributed by atoms with Crippen molar-refractivity contribution in [2.24, 2.45) is 5.73 Å². The molecule has 3 rings (SSSR count). The number of nitrogens with one attached hydrogen (secondary N) is 3. The van der Waals surface area contributed by atoms with Gasteiger partial charge in [0.2, 0.25) is 5.91 Å². The zero-order chi connectivity index (χ0) is 26.1. The maximum absolute atomic E-state index is 13.9. The molecule has 5 N–H and O–H groups in total. The smallest absolute Gasteiger partial charge is 0.412 e. The number of anilines is 1. The van der Waals surface area contributed by atoms with Crippen molar-refractivity contribution in [3.8, 4) is 0 Å². The van der Waals surface area contributed by atoms with Crippen LogP contribution in [0.15, 0.2) is 54.7 Å². The molecular formula is C24H25F4N5O3. The van der Waals surface area contributed by atoms with E-state index < -0.39 is 55.2 Å². The van der Waals surface area contributed by atoms with E-state index >= 15 is 0 Å². The summed E-state index contributed by atoms with van der Waals surface area (Å²) < 4.78 is 59.8. The van der Waals surface area contributed by atoms with Crippen LogP contribution in [0, 0.1) is 11.6 Å². The highest BCUT2D eigenvalue weighted by atomic mass is 19.3. The van der Waals surface area contributed by atoms with Crippen LogP contribution in [0.1, 0.15) is 12.0 Å². The molecule has 0 radical (unpaired) electrons. The fraction of sp³-hybridized carbons (Fsp3) is 0.292. The SMILES string of the molecule is NCC(F)(F)C[C@@H](COC(=O)Nc1cc2ccccc2cn1)NC(=O)CNCc1cccc(F)c1F. The van der Waals surface area contributed by atoms with Crippen molar-refractivity contribution in [1.29, 1.82) is 0 Å². The van der Waals surface area contributed by atoms with Crippen LogP contribution in [0.25, 0.3) is 10.8 Å². The Morgan fingerprint density at radius 2 is 1.83 bits per heavy atom. The number of aromatic nitrogens is 1. The van der Waals surface area contributed by atoms with Gasteiger partial charge in [-0.05, 0) is 17.5 Å². The Morgan fingerprint density at radius 3 is 2.58 bits per heavy atom. The predicted octanol–water partition coefficient (Wildman–Crippen LogP) is 3.32. The summed E-state index contributed by atoms with van der Waals surface area (Å²) in [4.78, 5) is 28.5. The quantitative estimate of drug-likeness (QED) is 0.296. The molecule has 0 bridgehead atoms. The number of carbonyl (C=O) groups excluding carboxylic acids is 2. The van der Waals surface area contributed by atoms with Crippen LogP contribution in [0.2, 0.25) is 0 Å². The predicted molar refractivity (Wildman–Crippen MR) is 125 cm³/mol. The Balaban J connectivity index is 1.53. The third kappa shape index (κ3) is 7.89. The van der Waals surface area contributed by atoms with Gasteiger partial charge in [-0.25, -0.2) is 27.3 Å². The first-order valence-electron chi connectivity index (χ1n) is 11.0. The lowest BCUT2D eigenvalue weighted by atomic mass is 10.1. The molecule has 0 aliphatic heterocycles. The first-order valence-corrected chi connectivity index (χ1v) is 11.0. The van der Waals surface area contributed by atoms with Gasteiger partial charge in [0.25, 0.3) is 5.92 Å². The molecule has 3 aromatic rings. The molecule has 0 fully saturated rings. The molecule has 1 aromatic heterocycles. The lowest BCUT2D eigenvalue weighted by Crippen LogP contribution is -2.47. The summed E-state index contributed by atoms with van der Waals surface area (Å²) in [6.07, 6.45) is -0.277. The van der Waals surface area contributed by atoms with Crippen LogP contribution in [-0.2, 0) is 16.1 Å². The van der Waals surface area contributed by atoms with Gasteiger partial charge >= 0.3 is 6.09 Å². The van der Waals surface area contributed by atoms with Crippen molar-refractivity contribution in [1.82, 2.24) is 15.6 Å². The van der Waals surface area contributed by atoms with Gasteiger partial charge in [0.15, 0.2) is 11.6 Å². The summed E-state index contributed by atoms with van der Waals surface area (Å²) in [6, 6.07) is 11.3. The first-order chi connectivity index (χ1) is 17.2. The summed E-state index contributed by atoms with van der Waals surface area (Å²) in [5.74, 6) is -5.93. The molecule has 0 unspecified atom stereocenters. The van der Waals surface area contributed by atoms with E-state index in [0.29, 0.717) is 0 Å². The minimum absolute atomic E-state index is 0.00341. The molecule has 36 heavy (non-hydrogen) atoms. The van der Waals surface area contributed by atoms with Gasteiger partial charge in [-0.3, -0.25) is 10.1 Å². The van der Waals surface area contributed by atoms with Crippen LogP contribution in [0.4, 0.5) is 28.2 Å².